The van der Waals surface area contributed by atoms with Gasteiger partial charge in [-0.05, 0) is 148 Å². The molecule has 0 aliphatic rings. The molecule has 1 unspecified atom stereocenters. The van der Waals surface area contributed by atoms with E-state index < -0.39 is 6.10 Å². The van der Waals surface area contributed by atoms with Crippen molar-refractivity contribution in [3.63, 3.8) is 0 Å². The molecule has 0 radical (unpaired) electrons. The molecule has 0 saturated heterocycles. The third kappa shape index (κ3) is 63.7. The number of allylic oxidation sites excluding steroid dienone is 26. The molecule has 0 aromatic carbocycles. The molecule has 0 fully saturated rings. The van der Waals surface area contributed by atoms with Gasteiger partial charge < -0.3 is 14.2 Å². The zero-order valence-corrected chi connectivity index (χ0v) is 50.8. The molecule has 0 saturated carbocycles. The number of rotatable bonds is 56. The highest BCUT2D eigenvalue weighted by atomic mass is 16.6. The maximum absolute atomic E-state index is 12.9. The van der Waals surface area contributed by atoms with Gasteiger partial charge in [-0.25, -0.2) is 0 Å². The van der Waals surface area contributed by atoms with Crippen LogP contribution in [0.5, 0.6) is 0 Å². The molecule has 0 aromatic rings. The summed E-state index contributed by atoms with van der Waals surface area (Å²) in [7, 11) is 0. The predicted octanol–water partition coefficient (Wildman–Crippen LogP) is 22.1. The van der Waals surface area contributed by atoms with E-state index in [0.29, 0.717) is 19.3 Å². The van der Waals surface area contributed by atoms with Crippen molar-refractivity contribution in [2.75, 3.05) is 13.2 Å². The number of hydrogen-bond donors (Lipinski definition) is 0. The Bertz CT molecular complexity index is 1780. The highest BCUT2D eigenvalue weighted by Crippen LogP contribution is 2.13. The summed E-state index contributed by atoms with van der Waals surface area (Å²) in [5.41, 5.74) is 0. The van der Waals surface area contributed by atoms with Crippen molar-refractivity contribution in [3.05, 3.63) is 158 Å². The van der Waals surface area contributed by atoms with Crippen LogP contribution in [0, 0.1) is 0 Å². The fourth-order valence-electron chi connectivity index (χ4n) is 8.19. The Morgan fingerprint density at radius 3 is 0.823 bits per heavy atom. The molecule has 0 heterocycles. The van der Waals surface area contributed by atoms with Crippen LogP contribution < -0.4 is 0 Å². The second-order valence-corrected chi connectivity index (χ2v) is 20.6. The Morgan fingerprint density at radius 2 is 0.506 bits per heavy atom. The van der Waals surface area contributed by atoms with Gasteiger partial charge in [-0.2, -0.15) is 0 Å². The molecule has 0 aliphatic heterocycles. The van der Waals surface area contributed by atoms with Crippen molar-refractivity contribution in [1.82, 2.24) is 0 Å². The molecular formula is C73H116O6. The van der Waals surface area contributed by atoms with Crippen molar-refractivity contribution in [2.45, 2.75) is 271 Å². The summed E-state index contributed by atoms with van der Waals surface area (Å²) in [6, 6.07) is 0. The van der Waals surface area contributed by atoms with E-state index in [1.807, 2.05) is 0 Å². The summed E-state index contributed by atoms with van der Waals surface area (Å²) < 4.78 is 16.9. The van der Waals surface area contributed by atoms with E-state index in [4.69, 9.17) is 14.2 Å². The molecule has 444 valence electrons. The van der Waals surface area contributed by atoms with E-state index in [1.165, 1.54) is 51.4 Å². The Labute approximate surface area is 486 Å². The molecular weight excluding hydrogens is 973 g/mol. The summed E-state index contributed by atoms with van der Waals surface area (Å²) in [5.74, 6) is -0.972. The number of carbonyl (C=O) groups is 3. The number of unbranched alkanes of at least 4 members (excludes halogenated alkanes) is 19. The zero-order chi connectivity index (χ0) is 57.1. The van der Waals surface area contributed by atoms with Crippen molar-refractivity contribution in [3.8, 4) is 0 Å². The second kappa shape index (κ2) is 65.5. The molecule has 6 nitrogen and oxygen atoms in total. The first-order valence-electron chi connectivity index (χ1n) is 32.0. The molecule has 0 N–H and O–H groups in total. The number of carbonyl (C=O) groups excluding carboxylic acids is 3. The Balaban J connectivity index is 4.43. The third-order valence-corrected chi connectivity index (χ3v) is 13.0. The Morgan fingerprint density at radius 1 is 0.266 bits per heavy atom. The quantitative estimate of drug-likeness (QED) is 0.0261. The van der Waals surface area contributed by atoms with Crippen LogP contribution in [0.15, 0.2) is 158 Å². The summed E-state index contributed by atoms with van der Waals surface area (Å²) in [6.07, 6.45) is 95.3. The molecule has 0 aliphatic carbocycles. The van der Waals surface area contributed by atoms with Crippen LogP contribution in [-0.4, -0.2) is 37.2 Å². The van der Waals surface area contributed by atoms with Crippen molar-refractivity contribution >= 4 is 17.9 Å². The van der Waals surface area contributed by atoms with Crippen LogP contribution in [0.4, 0.5) is 0 Å². The summed E-state index contributed by atoms with van der Waals surface area (Å²) >= 11 is 0. The van der Waals surface area contributed by atoms with Gasteiger partial charge in [-0.15, -0.1) is 0 Å². The Kier molecular flexibility index (Phi) is 61.4. The van der Waals surface area contributed by atoms with E-state index in [0.717, 1.165) is 173 Å². The zero-order valence-electron chi connectivity index (χ0n) is 50.8. The maximum atomic E-state index is 12.9. The third-order valence-electron chi connectivity index (χ3n) is 13.0. The minimum atomic E-state index is -0.813. The van der Waals surface area contributed by atoms with Crippen LogP contribution in [0.25, 0.3) is 0 Å². The maximum Gasteiger partial charge on any atom is 0.306 e. The topological polar surface area (TPSA) is 78.9 Å². The molecule has 0 aromatic heterocycles. The lowest BCUT2D eigenvalue weighted by Gasteiger charge is -2.18. The van der Waals surface area contributed by atoms with Crippen LogP contribution in [0.3, 0.4) is 0 Å². The van der Waals surface area contributed by atoms with Crippen LogP contribution >= 0.6 is 0 Å². The van der Waals surface area contributed by atoms with Gasteiger partial charge in [0.1, 0.15) is 13.2 Å². The smallest absolute Gasteiger partial charge is 0.306 e. The highest BCUT2D eigenvalue weighted by molar-refractivity contribution is 5.71. The second-order valence-electron chi connectivity index (χ2n) is 20.6. The standard InChI is InChI=1S/C73H116O6/c1-4-7-10-13-16-19-22-25-28-30-31-32-33-34-35-36-37-38-39-40-41-42-43-44-46-48-51-54-57-60-63-66-72(75)78-69-70(68-77-71(74)65-62-59-56-53-50-47-27-24-21-18-15-12-9-6-3)79-73(76)67-64-61-58-55-52-49-45-29-26-23-20-17-14-11-8-5-2/h7,10,15-16,18-20,23-25,27-29,31-32,34-35,37-38,40-41,43-45,48,51,70H,4-6,8-9,11-14,17,21-22,26,30,33,36,39,42,46-47,49-50,52-69H2,1-3H3/b10-7-,18-15-,19-16-,23-20-,27-24-,28-25-,32-31-,35-34-,38-37-,41-40-,44-43-,45-29-,51-48-. The minimum absolute atomic E-state index is 0.108. The first-order valence-corrected chi connectivity index (χ1v) is 32.0. The lowest BCUT2D eigenvalue weighted by atomic mass is 10.1. The summed E-state index contributed by atoms with van der Waals surface area (Å²) in [4.78, 5) is 38.3. The van der Waals surface area contributed by atoms with Crippen molar-refractivity contribution < 1.29 is 28.6 Å². The molecule has 0 amide bonds. The minimum Gasteiger partial charge on any atom is -0.462 e. The van der Waals surface area contributed by atoms with Crippen LogP contribution in [-0.2, 0) is 28.6 Å². The van der Waals surface area contributed by atoms with E-state index in [9.17, 15) is 14.4 Å². The predicted molar refractivity (Wildman–Crippen MR) is 343 cm³/mol. The van der Waals surface area contributed by atoms with Crippen LogP contribution in [0.1, 0.15) is 265 Å². The number of ether oxygens (including phenoxy) is 3. The first-order chi connectivity index (χ1) is 39.0. The van der Waals surface area contributed by atoms with E-state index >= 15 is 0 Å². The molecule has 0 rings (SSSR count). The number of esters is 3. The molecule has 0 spiro atoms. The summed E-state index contributed by atoms with van der Waals surface area (Å²) in [5, 5.41) is 0. The lowest BCUT2D eigenvalue weighted by Crippen LogP contribution is -2.30. The lowest BCUT2D eigenvalue weighted by molar-refractivity contribution is -0.167. The van der Waals surface area contributed by atoms with E-state index in [-0.39, 0.29) is 31.1 Å². The monoisotopic (exact) mass is 1090 g/mol. The van der Waals surface area contributed by atoms with Gasteiger partial charge in [0.15, 0.2) is 6.10 Å². The first kappa shape index (κ1) is 74.0. The van der Waals surface area contributed by atoms with Gasteiger partial charge in [0, 0.05) is 19.3 Å². The highest BCUT2D eigenvalue weighted by Gasteiger charge is 2.19. The van der Waals surface area contributed by atoms with Gasteiger partial charge in [0.05, 0.1) is 0 Å². The van der Waals surface area contributed by atoms with Gasteiger partial charge >= 0.3 is 17.9 Å². The fraction of sp³-hybridized carbons (Fsp3) is 0.603. The van der Waals surface area contributed by atoms with E-state index in [2.05, 4.69) is 179 Å². The van der Waals surface area contributed by atoms with E-state index in [1.54, 1.807) is 0 Å². The van der Waals surface area contributed by atoms with Gasteiger partial charge in [-0.1, -0.05) is 256 Å². The van der Waals surface area contributed by atoms with Crippen molar-refractivity contribution in [1.29, 1.82) is 0 Å². The average molecular weight is 1090 g/mol. The normalized spacial score (nSPS) is 13.2. The SMILES string of the molecule is CC/C=C\C/C=C\C/C=C\C/C=C\C/C=C\C/C=C\C/C=C\C/C=C\C/C=C\CCCCCC(=O)OCC(COC(=O)CCCCCCC/C=C\C/C=C\CCCC)OC(=O)CCCCCCC/C=C\C/C=C\CCCCCC. The van der Waals surface area contributed by atoms with Crippen LogP contribution in [0.2, 0.25) is 0 Å². The Hall–Kier alpha value is -4.97. The molecule has 1 atom stereocenters. The molecule has 6 heteroatoms. The molecule has 79 heavy (non-hydrogen) atoms. The van der Waals surface area contributed by atoms with Crippen molar-refractivity contribution in [2.24, 2.45) is 0 Å². The fourth-order valence-corrected chi connectivity index (χ4v) is 8.19. The molecule has 0 bridgehead atoms. The average Bonchev–Trinajstić information content (AvgIpc) is 3.45. The van der Waals surface area contributed by atoms with Gasteiger partial charge in [0.25, 0.3) is 0 Å². The summed E-state index contributed by atoms with van der Waals surface area (Å²) in [6.45, 7) is 6.41. The largest absolute Gasteiger partial charge is 0.462 e. The van der Waals surface area contributed by atoms with Gasteiger partial charge in [0.2, 0.25) is 0 Å². The van der Waals surface area contributed by atoms with Gasteiger partial charge in [-0.3, -0.25) is 14.4 Å². The number of hydrogen-bond acceptors (Lipinski definition) is 6.